The van der Waals surface area contributed by atoms with Crippen molar-refractivity contribution >= 4 is 5.91 Å². The first kappa shape index (κ1) is 14.6. The van der Waals surface area contributed by atoms with Gasteiger partial charge >= 0.3 is 0 Å². The molecule has 108 valence electrons. The van der Waals surface area contributed by atoms with Crippen molar-refractivity contribution in [3.63, 3.8) is 0 Å². The standard InChI is InChI=1S/C17H23NO2/c1-2-13-20-16-9-7-15(8-10-16)17(19)18-12-11-14-5-3-4-6-14/h2,7-10,14H,1,3-6,11-13H2,(H,18,19). The van der Waals surface area contributed by atoms with Gasteiger partial charge in [-0.05, 0) is 36.6 Å². The first-order valence-corrected chi connectivity index (χ1v) is 7.41. The van der Waals surface area contributed by atoms with Crippen molar-refractivity contribution in [1.29, 1.82) is 0 Å². The van der Waals surface area contributed by atoms with Crippen molar-refractivity contribution in [1.82, 2.24) is 5.32 Å². The molecule has 1 amide bonds. The molecule has 1 aromatic rings. The summed E-state index contributed by atoms with van der Waals surface area (Å²) < 4.78 is 5.39. The lowest BCUT2D eigenvalue weighted by atomic mass is 10.0. The quantitative estimate of drug-likeness (QED) is 0.771. The van der Waals surface area contributed by atoms with Crippen LogP contribution in [0.25, 0.3) is 0 Å². The Hall–Kier alpha value is -1.77. The molecule has 0 aromatic heterocycles. The number of ether oxygens (including phenoxy) is 1. The van der Waals surface area contributed by atoms with E-state index >= 15 is 0 Å². The van der Waals surface area contributed by atoms with Crippen molar-refractivity contribution in [3.05, 3.63) is 42.5 Å². The number of benzene rings is 1. The Morgan fingerprint density at radius 2 is 2.00 bits per heavy atom. The van der Waals surface area contributed by atoms with Crippen LogP contribution in [-0.4, -0.2) is 19.1 Å². The number of carbonyl (C=O) groups is 1. The molecular formula is C17H23NO2. The summed E-state index contributed by atoms with van der Waals surface area (Å²) in [5.74, 6) is 1.57. The molecule has 1 aliphatic rings. The first-order chi connectivity index (χ1) is 9.79. The van der Waals surface area contributed by atoms with Crippen molar-refractivity contribution < 1.29 is 9.53 Å². The molecule has 3 nitrogen and oxygen atoms in total. The lowest BCUT2D eigenvalue weighted by molar-refractivity contribution is 0.0951. The van der Waals surface area contributed by atoms with Gasteiger partial charge in [-0.15, -0.1) is 0 Å². The van der Waals surface area contributed by atoms with Gasteiger partial charge in [-0.2, -0.15) is 0 Å². The molecule has 0 bridgehead atoms. The fourth-order valence-corrected chi connectivity index (χ4v) is 2.65. The Bertz CT molecular complexity index is 433. The van der Waals surface area contributed by atoms with Gasteiger partial charge in [-0.1, -0.05) is 38.3 Å². The van der Waals surface area contributed by atoms with Gasteiger partial charge in [-0.3, -0.25) is 4.79 Å². The molecular weight excluding hydrogens is 250 g/mol. The molecule has 0 spiro atoms. The van der Waals surface area contributed by atoms with Crippen molar-refractivity contribution in [2.24, 2.45) is 5.92 Å². The van der Waals surface area contributed by atoms with E-state index < -0.39 is 0 Å². The lowest BCUT2D eigenvalue weighted by Gasteiger charge is -2.10. The first-order valence-electron chi connectivity index (χ1n) is 7.41. The SMILES string of the molecule is C=CCOc1ccc(C(=O)NCCC2CCCC2)cc1. The number of nitrogens with one attached hydrogen (secondary N) is 1. The minimum absolute atomic E-state index is 0.00160. The minimum Gasteiger partial charge on any atom is -0.490 e. The Kier molecular flexibility index (Phi) is 5.66. The minimum atomic E-state index is -0.00160. The molecule has 0 saturated heterocycles. The second-order valence-electron chi connectivity index (χ2n) is 5.32. The molecule has 2 rings (SSSR count). The molecule has 1 N–H and O–H groups in total. The van der Waals surface area contributed by atoms with Crippen molar-refractivity contribution in [2.75, 3.05) is 13.2 Å². The van der Waals surface area contributed by atoms with E-state index in [1.54, 1.807) is 18.2 Å². The Morgan fingerprint density at radius 3 is 2.65 bits per heavy atom. The second kappa shape index (κ2) is 7.73. The number of amides is 1. The summed E-state index contributed by atoms with van der Waals surface area (Å²) in [5, 5.41) is 2.99. The van der Waals surface area contributed by atoms with Gasteiger partial charge in [-0.25, -0.2) is 0 Å². The fourth-order valence-electron chi connectivity index (χ4n) is 2.65. The fraction of sp³-hybridized carbons (Fsp3) is 0.471. The maximum Gasteiger partial charge on any atom is 0.251 e. The van der Waals surface area contributed by atoms with Crippen molar-refractivity contribution in [2.45, 2.75) is 32.1 Å². The van der Waals surface area contributed by atoms with Crippen LogP contribution >= 0.6 is 0 Å². The van der Waals surface area contributed by atoms with Gasteiger partial charge in [0, 0.05) is 12.1 Å². The number of carbonyl (C=O) groups excluding carboxylic acids is 1. The van der Waals surface area contributed by atoms with E-state index in [1.807, 2.05) is 12.1 Å². The normalized spacial score (nSPS) is 15.0. The Balaban J connectivity index is 1.75. The highest BCUT2D eigenvalue weighted by molar-refractivity contribution is 5.94. The van der Waals surface area contributed by atoms with Gasteiger partial charge < -0.3 is 10.1 Å². The molecule has 0 unspecified atom stereocenters. The third kappa shape index (κ3) is 4.41. The van der Waals surface area contributed by atoms with Crippen LogP contribution < -0.4 is 10.1 Å². The third-order valence-electron chi connectivity index (χ3n) is 3.80. The average molecular weight is 273 g/mol. The van der Waals surface area contributed by atoms with E-state index in [-0.39, 0.29) is 5.91 Å². The highest BCUT2D eigenvalue weighted by atomic mass is 16.5. The monoisotopic (exact) mass is 273 g/mol. The second-order valence-corrected chi connectivity index (χ2v) is 5.32. The number of hydrogen-bond acceptors (Lipinski definition) is 2. The van der Waals surface area contributed by atoms with Crippen molar-refractivity contribution in [3.8, 4) is 5.75 Å². The molecule has 0 heterocycles. The largest absolute Gasteiger partial charge is 0.490 e. The zero-order valence-electron chi connectivity index (χ0n) is 11.9. The topological polar surface area (TPSA) is 38.3 Å². The average Bonchev–Trinajstić information content (AvgIpc) is 2.99. The number of hydrogen-bond donors (Lipinski definition) is 1. The predicted octanol–water partition coefficient (Wildman–Crippen LogP) is 3.56. The molecule has 20 heavy (non-hydrogen) atoms. The summed E-state index contributed by atoms with van der Waals surface area (Å²) in [4.78, 5) is 12.0. The van der Waals surface area contributed by atoms with Crippen LogP contribution in [0.15, 0.2) is 36.9 Å². The van der Waals surface area contributed by atoms with E-state index in [1.165, 1.54) is 25.7 Å². The molecule has 0 aliphatic heterocycles. The highest BCUT2D eigenvalue weighted by Gasteiger charge is 2.14. The maximum atomic E-state index is 12.0. The Morgan fingerprint density at radius 1 is 1.30 bits per heavy atom. The summed E-state index contributed by atoms with van der Waals surface area (Å²) >= 11 is 0. The molecule has 3 heteroatoms. The third-order valence-corrected chi connectivity index (χ3v) is 3.80. The molecule has 1 aromatic carbocycles. The summed E-state index contributed by atoms with van der Waals surface area (Å²) in [6, 6.07) is 7.22. The number of rotatable bonds is 7. The van der Waals surface area contributed by atoms with Crippen LogP contribution in [0.2, 0.25) is 0 Å². The van der Waals surface area contributed by atoms with E-state index in [0.717, 1.165) is 24.6 Å². The van der Waals surface area contributed by atoms with Gasteiger partial charge in [0.2, 0.25) is 0 Å². The van der Waals surface area contributed by atoms with Crippen LogP contribution in [0.4, 0.5) is 0 Å². The summed E-state index contributed by atoms with van der Waals surface area (Å²) in [6.07, 6.45) is 8.15. The van der Waals surface area contributed by atoms with E-state index in [2.05, 4.69) is 11.9 Å². The van der Waals surface area contributed by atoms with E-state index in [9.17, 15) is 4.79 Å². The van der Waals surface area contributed by atoms with Crippen LogP contribution in [0.5, 0.6) is 5.75 Å². The summed E-state index contributed by atoms with van der Waals surface area (Å²) in [5.41, 5.74) is 0.683. The highest BCUT2D eigenvalue weighted by Crippen LogP contribution is 2.26. The molecule has 0 radical (unpaired) electrons. The summed E-state index contributed by atoms with van der Waals surface area (Å²) in [7, 11) is 0. The van der Waals surface area contributed by atoms with Crippen LogP contribution in [0.1, 0.15) is 42.5 Å². The van der Waals surface area contributed by atoms with Crippen LogP contribution in [0.3, 0.4) is 0 Å². The summed E-state index contributed by atoms with van der Waals surface area (Å²) in [6.45, 7) is 4.85. The van der Waals surface area contributed by atoms with Crippen LogP contribution in [0, 0.1) is 5.92 Å². The predicted molar refractivity (Wildman–Crippen MR) is 81.0 cm³/mol. The maximum absolute atomic E-state index is 12.0. The van der Waals surface area contributed by atoms with Crippen LogP contribution in [-0.2, 0) is 0 Å². The van der Waals surface area contributed by atoms with Gasteiger partial charge in [0.25, 0.3) is 5.91 Å². The van der Waals surface area contributed by atoms with Gasteiger partial charge in [0.15, 0.2) is 0 Å². The smallest absolute Gasteiger partial charge is 0.251 e. The zero-order chi connectivity index (χ0) is 14.2. The molecule has 1 fully saturated rings. The van der Waals surface area contributed by atoms with Gasteiger partial charge in [0.1, 0.15) is 12.4 Å². The van der Waals surface area contributed by atoms with E-state index in [4.69, 9.17) is 4.74 Å². The zero-order valence-corrected chi connectivity index (χ0v) is 11.9. The van der Waals surface area contributed by atoms with E-state index in [0.29, 0.717) is 12.2 Å². The molecule has 0 atom stereocenters. The molecule has 1 saturated carbocycles. The molecule has 1 aliphatic carbocycles. The lowest BCUT2D eigenvalue weighted by Crippen LogP contribution is -2.25. The Labute approximate surface area is 121 Å². The van der Waals surface area contributed by atoms with Gasteiger partial charge in [0.05, 0.1) is 0 Å².